The highest BCUT2D eigenvalue weighted by molar-refractivity contribution is 6.42. The maximum Gasteiger partial charge on any atom is 0.358 e. The average Bonchev–Trinajstić information content (AvgIpc) is 4.32. The molecule has 0 fully saturated rings. The number of benzene rings is 1. The number of hydrogen-bond donors (Lipinski definition) is 6. The Kier molecular flexibility index (Phi) is 18.7. The number of halogens is 5. The van der Waals surface area contributed by atoms with Crippen molar-refractivity contribution in [2.75, 3.05) is 29.7 Å². The number of carboxylic acids is 1. The number of carboxylic acid groups (broad SMARTS) is 1. The van der Waals surface area contributed by atoms with Gasteiger partial charge in [-0.05, 0) is 79.7 Å². The first-order chi connectivity index (χ1) is 38.0. The summed E-state index contributed by atoms with van der Waals surface area (Å²) < 4.78 is 25.1. The second-order valence-corrected chi connectivity index (χ2v) is 16.5. The molecule has 0 spiro atoms. The number of aromatic amines is 2. The summed E-state index contributed by atoms with van der Waals surface area (Å²) in [5.74, 6) is -3.01. The van der Waals surface area contributed by atoms with Crippen LogP contribution in [0.1, 0.15) is 75.3 Å². The number of methoxy groups -OCH3 is 1. The highest BCUT2D eigenvalue weighted by Gasteiger charge is 2.23. The van der Waals surface area contributed by atoms with Crippen molar-refractivity contribution in [2.24, 2.45) is 0 Å². The van der Waals surface area contributed by atoms with Gasteiger partial charge in [0.05, 0.1) is 63.3 Å². The number of carbonyl (C=O) groups excluding carboxylic acids is 5. The number of esters is 2. The van der Waals surface area contributed by atoms with Crippen molar-refractivity contribution in [2.45, 2.75) is 6.92 Å². The molecule has 9 rings (SSSR count). The Hall–Kier alpha value is -10.1. The van der Waals surface area contributed by atoms with Crippen LogP contribution in [0.3, 0.4) is 0 Å². The summed E-state index contributed by atoms with van der Waals surface area (Å²) in [4.78, 5) is 83.6. The van der Waals surface area contributed by atoms with Gasteiger partial charge in [0.2, 0.25) is 0 Å². The third-order valence-electron chi connectivity index (χ3n) is 9.95. The van der Waals surface area contributed by atoms with E-state index >= 15 is 0 Å². The summed E-state index contributed by atoms with van der Waals surface area (Å²) in [5, 5.41) is 52.7. The molecule has 0 unspecified atom stereocenters. The molecule has 8 aromatic heterocycles. The van der Waals surface area contributed by atoms with E-state index in [2.05, 4.69) is 92.5 Å². The number of amides is 3. The monoisotopic (exact) mass is 1150 g/mol. The topological polar surface area (TPSA) is 356 Å². The number of ether oxygens (including phenoxy) is 2. The van der Waals surface area contributed by atoms with Gasteiger partial charge >= 0.3 is 17.9 Å². The van der Waals surface area contributed by atoms with E-state index in [1.54, 1.807) is 66.6 Å². The van der Waals surface area contributed by atoms with Crippen LogP contribution < -0.4 is 16.0 Å². The molecule has 0 atom stereocenters. The standard InChI is InChI=1S/C19H14FN5O3.C15H10Cl2N6O3.C14H8Cl2N6O3/c1-3-12-9-16(13(10-14(12)20)19(27)28-4-2)22-18(26)15-5-6-17(24-23-15)25-8-7-21-11-25;1-26-15(25)12-11(6-7(16)13(17)20-12)19-14(24)10-3-2-8(22-23-10)9-4-5-18-21-9;15-6-5-10(11(14(24)25)19-12(6)16)18-13(23)9-2-1-7(21-22-9)8-3-4-17-20-8/h1,5-11H,4H2,2H3,(H,22,26);2-6H,1H3,(H,18,21)(H,19,24);1-5H,(H,17,20)(H,18,23)(H,24,25). The number of pyridine rings is 2. The number of aromatic nitrogens is 14. The van der Waals surface area contributed by atoms with Crippen LogP contribution in [-0.4, -0.2) is 125 Å². The van der Waals surface area contributed by atoms with Gasteiger partial charge < -0.3 is 30.5 Å². The molecule has 9 aromatic rings. The minimum absolute atomic E-state index is 0.00245. The number of terminal acetylenes is 1. The second kappa shape index (κ2) is 26.1. The first-order valence-corrected chi connectivity index (χ1v) is 23.4. The van der Waals surface area contributed by atoms with Gasteiger partial charge in [0.15, 0.2) is 34.3 Å². The third kappa shape index (κ3) is 14.2. The van der Waals surface area contributed by atoms with Crippen molar-refractivity contribution in [1.29, 1.82) is 0 Å². The number of aromatic carboxylic acids is 1. The molecule has 1 aromatic carbocycles. The zero-order valence-corrected chi connectivity index (χ0v) is 43.1. The van der Waals surface area contributed by atoms with E-state index in [1.165, 1.54) is 49.8 Å². The molecule has 0 saturated carbocycles. The Labute approximate surface area is 462 Å². The Morgan fingerprint density at radius 3 is 1.62 bits per heavy atom. The van der Waals surface area contributed by atoms with Crippen LogP contribution in [0.15, 0.2) is 104 Å². The molecule has 0 radical (unpaired) electrons. The molecule has 0 aliphatic carbocycles. The van der Waals surface area contributed by atoms with E-state index < -0.39 is 47.1 Å². The van der Waals surface area contributed by atoms with Crippen LogP contribution in [0.25, 0.3) is 28.6 Å². The molecule has 0 saturated heterocycles. The summed E-state index contributed by atoms with van der Waals surface area (Å²) in [6.07, 6.45) is 13.2. The van der Waals surface area contributed by atoms with Gasteiger partial charge in [0.25, 0.3) is 17.7 Å². The number of anilines is 3. The number of nitrogens with one attached hydrogen (secondary N) is 5. The smallest absolute Gasteiger partial charge is 0.358 e. The van der Waals surface area contributed by atoms with E-state index in [-0.39, 0.29) is 77.9 Å². The van der Waals surface area contributed by atoms with Gasteiger partial charge in [-0.2, -0.15) is 10.2 Å². The normalized spacial score (nSPS) is 10.4. The molecule has 398 valence electrons. The Morgan fingerprint density at radius 1 is 0.671 bits per heavy atom. The van der Waals surface area contributed by atoms with E-state index in [9.17, 15) is 33.2 Å². The highest BCUT2D eigenvalue weighted by atomic mass is 35.5. The van der Waals surface area contributed by atoms with Gasteiger partial charge in [-0.15, -0.1) is 37.0 Å². The van der Waals surface area contributed by atoms with Crippen molar-refractivity contribution in [3.63, 3.8) is 0 Å². The maximum atomic E-state index is 14.0. The first kappa shape index (κ1) is 56.6. The molecule has 31 heteroatoms. The zero-order chi connectivity index (χ0) is 56.8. The van der Waals surface area contributed by atoms with Crippen LogP contribution in [0.5, 0.6) is 0 Å². The van der Waals surface area contributed by atoms with Crippen molar-refractivity contribution < 1.29 is 47.7 Å². The highest BCUT2D eigenvalue weighted by Crippen LogP contribution is 2.29. The molecule has 0 bridgehead atoms. The number of hydrogen-bond acceptors (Lipinski definition) is 19. The number of nitrogens with zero attached hydrogens (tertiary/aromatic N) is 12. The van der Waals surface area contributed by atoms with Crippen LogP contribution in [0.4, 0.5) is 21.5 Å². The van der Waals surface area contributed by atoms with Crippen molar-refractivity contribution >= 4 is 99.1 Å². The van der Waals surface area contributed by atoms with Gasteiger partial charge in [-0.1, -0.05) is 52.3 Å². The molecule has 6 N–H and O–H groups in total. The van der Waals surface area contributed by atoms with E-state index in [0.29, 0.717) is 28.6 Å². The third-order valence-corrected chi connectivity index (χ3v) is 11.3. The molecular weight excluding hydrogens is 1120 g/mol. The number of H-pyrrole nitrogens is 2. The van der Waals surface area contributed by atoms with Crippen LogP contribution in [-0.2, 0) is 9.47 Å². The molecule has 3 amide bonds. The Balaban J connectivity index is 0.000000172. The Bertz CT molecular complexity index is 3740. The summed E-state index contributed by atoms with van der Waals surface area (Å²) in [5.41, 5.74) is 1.36. The van der Waals surface area contributed by atoms with Crippen LogP contribution in [0, 0.1) is 18.2 Å². The van der Waals surface area contributed by atoms with Crippen LogP contribution >= 0.6 is 46.4 Å². The lowest BCUT2D eigenvalue weighted by molar-refractivity contribution is 0.0525. The van der Waals surface area contributed by atoms with Gasteiger partial charge in [0, 0.05) is 24.8 Å². The fourth-order valence-corrected chi connectivity index (χ4v) is 6.81. The fourth-order valence-electron chi connectivity index (χ4n) is 6.23. The molecular formula is C48H32Cl4FN17O9. The van der Waals surface area contributed by atoms with Crippen molar-refractivity contribution in [1.82, 2.24) is 70.5 Å². The average molecular weight is 1150 g/mol. The van der Waals surface area contributed by atoms with Crippen LogP contribution in [0.2, 0.25) is 20.4 Å². The zero-order valence-electron chi connectivity index (χ0n) is 40.1. The molecule has 8 heterocycles. The lowest BCUT2D eigenvalue weighted by Crippen LogP contribution is -2.18. The van der Waals surface area contributed by atoms with Gasteiger partial charge in [0.1, 0.15) is 33.8 Å². The summed E-state index contributed by atoms with van der Waals surface area (Å²) in [6.45, 7) is 1.70. The second-order valence-electron chi connectivity index (χ2n) is 15.0. The summed E-state index contributed by atoms with van der Waals surface area (Å²) in [6, 6.07) is 17.1. The number of carbonyl (C=O) groups is 6. The number of rotatable bonds is 13. The summed E-state index contributed by atoms with van der Waals surface area (Å²) >= 11 is 23.2. The largest absolute Gasteiger partial charge is 0.476 e. The number of imidazole rings is 1. The quantitative estimate of drug-likeness (QED) is 0.0373. The van der Waals surface area contributed by atoms with E-state index in [1.807, 2.05) is 0 Å². The van der Waals surface area contributed by atoms with Crippen molar-refractivity contribution in [3.05, 3.63) is 170 Å². The Morgan fingerprint density at radius 2 is 1.19 bits per heavy atom. The van der Waals surface area contributed by atoms with Gasteiger partial charge in [-0.25, -0.2) is 33.7 Å². The molecule has 0 aliphatic heterocycles. The predicted molar refractivity (Wildman–Crippen MR) is 279 cm³/mol. The maximum absolute atomic E-state index is 14.0. The van der Waals surface area contributed by atoms with Gasteiger partial charge in [-0.3, -0.25) is 29.1 Å². The minimum atomic E-state index is -1.37. The van der Waals surface area contributed by atoms with E-state index in [0.717, 1.165) is 6.07 Å². The fraction of sp³-hybridized carbons (Fsp3) is 0.0625. The predicted octanol–water partition coefficient (Wildman–Crippen LogP) is 7.34. The van der Waals surface area contributed by atoms with E-state index in [4.69, 9.17) is 62.7 Å². The minimum Gasteiger partial charge on any atom is -0.476 e. The molecule has 26 nitrogen and oxygen atoms in total. The molecule has 79 heavy (non-hydrogen) atoms. The SMILES string of the molecule is C#Cc1cc(NC(=O)c2ccc(-n3ccnc3)nn2)c(C(=O)OCC)cc1F.COC(=O)c1nc(Cl)c(Cl)cc1NC(=O)c1ccc(-c2ccn[nH]2)nn1.O=C(Nc1cc(Cl)c(Cl)nc1C(=O)O)c1ccc(-c2ccn[nH]2)nn1. The lowest BCUT2D eigenvalue weighted by atomic mass is 10.1. The summed E-state index contributed by atoms with van der Waals surface area (Å²) in [7, 11) is 1.18. The molecule has 0 aliphatic rings. The van der Waals surface area contributed by atoms with Crippen molar-refractivity contribution in [3.8, 4) is 40.9 Å². The lowest BCUT2D eigenvalue weighted by Gasteiger charge is -2.11. The first-order valence-electron chi connectivity index (χ1n) is 21.9.